The Bertz CT molecular complexity index is 1050. The van der Waals surface area contributed by atoms with Crippen LogP contribution in [0.2, 0.25) is 5.02 Å². The first-order valence-electron chi connectivity index (χ1n) is 8.96. The Labute approximate surface area is 169 Å². The van der Waals surface area contributed by atoms with E-state index < -0.39 is 0 Å². The van der Waals surface area contributed by atoms with Crippen molar-refractivity contribution in [3.63, 3.8) is 0 Å². The topological polar surface area (TPSA) is 54.6 Å². The molecule has 28 heavy (non-hydrogen) atoms. The number of para-hydroxylation sites is 1. The van der Waals surface area contributed by atoms with E-state index in [0.717, 1.165) is 17.7 Å². The molecule has 0 saturated heterocycles. The number of allylic oxidation sites excluding steroid dienone is 1. The predicted molar refractivity (Wildman–Crippen MR) is 116 cm³/mol. The van der Waals surface area contributed by atoms with E-state index in [1.54, 1.807) is 37.4 Å². The van der Waals surface area contributed by atoms with Gasteiger partial charge in [-0.25, -0.2) is 0 Å². The van der Waals surface area contributed by atoms with Gasteiger partial charge in [-0.15, -0.1) is 0 Å². The van der Waals surface area contributed by atoms with Gasteiger partial charge in [-0.2, -0.15) is 0 Å². The molecule has 0 aliphatic heterocycles. The van der Waals surface area contributed by atoms with Gasteiger partial charge in [0.2, 0.25) is 0 Å². The molecule has 5 heteroatoms. The van der Waals surface area contributed by atoms with Crippen LogP contribution in [-0.2, 0) is 6.42 Å². The third-order valence-corrected chi connectivity index (χ3v) is 4.74. The summed E-state index contributed by atoms with van der Waals surface area (Å²) in [6, 6.07) is 14.9. The second-order valence-electron chi connectivity index (χ2n) is 6.30. The maximum Gasteiger partial charge on any atom is 0.259 e. The molecule has 0 saturated carbocycles. The highest BCUT2D eigenvalue weighted by Gasteiger charge is 2.13. The highest BCUT2D eigenvalue weighted by Crippen LogP contribution is 2.27. The van der Waals surface area contributed by atoms with E-state index in [2.05, 4.69) is 29.9 Å². The molecule has 2 aromatic carbocycles. The van der Waals surface area contributed by atoms with Crippen LogP contribution in [0, 0.1) is 6.92 Å². The van der Waals surface area contributed by atoms with E-state index in [1.807, 2.05) is 18.2 Å². The van der Waals surface area contributed by atoms with Crippen molar-refractivity contribution in [2.75, 3.05) is 5.32 Å². The van der Waals surface area contributed by atoms with Crippen molar-refractivity contribution in [3.8, 4) is 0 Å². The lowest BCUT2D eigenvalue weighted by Gasteiger charge is -2.09. The SMILES string of the molecule is C=C(/C=N\c1ccccc1CC)c1cc(NC(=O)c2ccoc2C)ccc1Cl. The maximum absolute atomic E-state index is 12.4. The summed E-state index contributed by atoms with van der Waals surface area (Å²) in [5, 5.41) is 3.40. The van der Waals surface area contributed by atoms with Gasteiger partial charge < -0.3 is 9.73 Å². The molecule has 0 aliphatic rings. The van der Waals surface area contributed by atoms with Crippen molar-refractivity contribution in [3.05, 3.63) is 88.8 Å². The fraction of sp³-hybridized carbons (Fsp3) is 0.130. The van der Waals surface area contributed by atoms with E-state index in [0.29, 0.717) is 33.2 Å². The second-order valence-corrected chi connectivity index (χ2v) is 6.71. The van der Waals surface area contributed by atoms with Crippen LogP contribution in [0.4, 0.5) is 11.4 Å². The van der Waals surface area contributed by atoms with Crippen LogP contribution in [-0.4, -0.2) is 12.1 Å². The molecular weight excluding hydrogens is 372 g/mol. The number of hydrogen-bond donors (Lipinski definition) is 1. The van der Waals surface area contributed by atoms with Crippen molar-refractivity contribution >= 4 is 40.7 Å². The third kappa shape index (κ3) is 4.41. The number of carbonyl (C=O) groups is 1. The first-order chi connectivity index (χ1) is 13.5. The minimum Gasteiger partial charge on any atom is -0.469 e. The molecule has 0 aliphatic carbocycles. The quantitative estimate of drug-likeness (QED) is 0.488. The Hall–Kier alpha value is -3.11. The zero-order valence-corrected chi connectivity index (χ0v) is 16.6. The van der Waals surface area contributed by atoms with Gasteiger partial charge in [0.25, 0.3) is 5.91 Å². The highest BCUT2D eigenvalue weighted by molar-refractivity contribution is 6.34. The van der Waals surface area contributed by atoms with Crippen LogP contribution >= 0.6 is 11.6 Å². The minimum atomic E-state index is -0.240. The molecule has 4 nitrogen and oxygen atoms in total. The van der Waals surface area contributed by atoms with Crippen molar-refractivity contribution in [2.45, 2.75) is 20.3 Å². The molecule has 1 aromatic heterocycles. The summed E-state index contributed by atoms with van der Waals surface area (Å²) >= 11 is 6.34. The summed E-state index contributed by atoms with van der Waals surface area (Å²) in [5.74, 6) is 0.327. The van der Waals surface area contributed by atoms with Crippen LogP contribution in [0.15, 0.2) is 70.8 Å². The number of rotatable bonds is 6. The lowest BCUT2D eigenvalue weighted by Crippen LogP contribution is -2.12. The fourth-order valence-electron chi connectivity index (χ4n) is 2.82. The molecular formula is C23H21ClN2O2. The van der Waals surface area contributed by atoms with Crippen LogP contribution in [0.25, 0.3) is 5.57 Å². The van der Waals surface area contributed by atoms with E-state index in [4.69, 9.17) is 16.0 Å². The summed E-state index contributed by atoms with van der Waals surface area (Å²) in [4.78, 5) is 16.9. The number of halogens is 1. The molecule has 1 heterocycles. The molecule has 0 radical (unpaired) electrons. The molecule has 0 fully saturated rings. The maximum atomic E-state index is 12.4. The number of nitrogens with one attached hydrogen (secondary N) is 1. The van der Waals surface area contributed by atoms with Gasteiger partial charge in [0.1, 0.15) is 5.76 Å². The molecule has 1 amide bonds. The smallest absolute Gasteiger partial charge is 0.259 e. The summed E-state index contributed by atoms with van der Waals surface area (Å²) in [6.45, 7) is 7.92. The lowest BCUT2D eigenvalue weighted by molar-refractivity contribution is 0.102. The van der Waals surface area contributed by atoms with Crippen LogP contribution in [0.5, 0.6) is 0 Å². The first-order valence-corrected chi connectivity index (χ1v) is 9.33. The number of benzene rings is 2. The number of nitrogens with zero attached hydrogens (tertiary/aromatic N) is 1. The minimum absolute atomic E-state index is 0.240. The molecule has 0 bridgehead atoms. The van der Waals surface area contributed by atoms with Crippen molar-refractivity contribution in [1.82, 2.24) is 0 Å². The number of hydrogen-bond acceptors (Lipinski definition) is 3. The molecule has 0 unspecified atom stereocenters. The fourth-order valence-corrected chi connectivity index (χ4v) is 3.06. The Balaban J connectivity index is 1.81. The van der Waals surface area contributed by atoms with E-state index in [9.17, 15) is 4.79 Å². The molecule has 0 spiro atoms. The van der Waals surface area contributed by atoms with Gasteiger partial charge in [0, 0.05) is 22.5 Å². The van der Waals surface area contributed by atoms with Crippen molar-refractivity contribution in [2.24, 2.45) is 4.99 Å². The average molecular weight is 393 g/mol. The van der Waals surface area contributed by atoms with Gasteiger partial charge in [0.15, 0.2) is 0 Å². The second kappa shape index (κ2) is 8.72. The molecule has 142 valence electrons. The molecule has 0 atom stereocenters. The average Bonchev–Trinajstić information content (AvgIpc) is 3.13. The summed E-state index contributed by atoms with van der Waals surface area (Å²) in [6.07, 6.45) is 4.08. The number of anilines is 1. The standard InChI is InChI=1S/C23H21ClN2O2/c1-4-17-7-5-6-8-22(17)25-14-15(2)20-13-18(9-10-21(20)24)26-23(27)19-11-12-28-16(19)3/h5-14H,2,4H2,1,3H3,(H,26,27)/b25-14-. The van der Waals surface area contributed by atoms with Crippen LogP contribution in [0.1, 0.15) is 34.2 Å². The summed E-state index contributed by atoms with van der Waals surface area (Å²) < 4.78 is 5.18. The van der Waals surface area contributed by atoms with Gasteiger partial charge in [-0.05, 0) is 54.8 Å². The molecule has 3 rings (SSSR count). The summed E-state index contributed by atoms with van der Waals surface area (Å²) in [7, 11) is 0. The van der Waals surface area contributed by atoms with Crippen molar-refractivity contribution in [1.29, 1.82) is 0 Å². The van der Waals surface area contributed by atoms with E-state index in [-0.39, 0.29) is 5.91 Å². The Morgan fingerprint density at radius 2 is 2.00 bits per heavy atom. The van der Waals surface area contributed by atoms with Gasteiger partial charge in [0.05, 0.1) is 17.5 Å². The largest absolute Gasteiger partial charge is 0.469 e. The number of carbonyl (C=O) groups excluding carboxylic acids is 1. The van der Waals surface area contributed by atoms with Crippen LogP contribution in [0.3, 0.4) is 0 Å². The summed E-state index contributed by atoms with van der Waals surface area (Å²) in [5.41, 5.74) is 4.55. The van der Waals surface area contributed by atoms with E-state index in [1.165, 1.54) is 6.26 Å². The van der Waals surface area contributed by atoms with Gasteiger partial charge in [-0.1, -0.05) is 43.3 Å². The Kier molecular flexibility index (Phi) is 6.12. The van der Waals surface area contributed by atoms with Gasteiger partial charge in [-0.3, -0.25) is 9.79 Å². The van der Waals surface area contributed by atoms with Crippen LogP contribution < -0.4 is 5.32 Å². The predicted octanol–water partition coefficient (Wildman–Crippen LogP) is 6.47. The number of amides is 1. The third-order valence-electron chi connectivity index (χ3n) is 4.41. The van der Waals surface area contributed by atoms with E-state index >= 15 is 0 Å². The zero-order chi connectivity index (χ0) is 20.1. The van der Waals surface area contributed by atoms with Gasteiger partial charge >= 0.3 is 0 Å². The zero-order valence-electron chi connectivity index (χ0n) is 15.8. The normalized spacial score (nSPS) is 11.0. The highest BCUT2D eigenvalue weighted by atomic mass is 35.5. The first kappa shape index (κ1) is 19.6. The number of aryl methyl sites for hydroxylation is 2. The van der Waals surface area contributed by atoms with Crippen molar-refractivity contribution < 1.29 is 9.21 Å². The number of aliphatic imine (C=N–C) groups is 1. The Morgan fingerprint density at radius 1 is 1.21 bits per heavy atom. The lowest BCUT2D eigenvalue weighted by atomic mass is 10.1. The number of furan rings is 1. The molecule has 3 aromatic rings. The monoisotopic (exact) mass is 392 g/mol. The Morgan fingerprint density at radius 3 is 2.71 bits per heavy atom. The molecule has 1 N–H and O–H groups in total.